The first-order chi connectivity index (χ1) is 10.5. The molecule has 0 aromatic carbocycles. The van der Waals surface area contributed by atoms with Gasteiger partial charge in [0.2, 0.25) is 0 Å². The number of carbonyl (C=O) groups is 1. The number of hydrogen-bond acceptors (Lipinski definition) is 5. The molecule has 1 amide bonds. The first-order valence-corrected chi connectivity index (χ1v) is 7.57. The highest BCUT2D eigenvalue weighted by Crippen LogP contribution is 2.25. The van der Waals surface area contributed by atoms with Crippen LogP contribution in [0, 0.1) is 5.82 Å². The number of halogens is 3. The van der Waals surface area contributed by atoms with Gasteiger partial charge in [-0.25, -0.2) is 9.37 Å². The van der Waals surface area contributed by atoms with E-state index in [1.807, 2.05) is 6.92 Å². The molecule has 0 spiro atoms. The molecule has 0 bridgehead atoms. The average Bonchev–Trinajstić information content (AvgIpc) is 2.91. The smallest absolute Gasteiger partial charge is 0.271 e. The minimum Gasteiger partial charge on any atom is -0.345 e. The summed E-state index contributed by atoms with van der Waals surface area (Å²) in [5.74, 6) is -0.826. The summed E-state index contributed by atoms with van der Waals surface area (Å²) in [6.45, 7) is 6.14. The topological polar surface area (TPSA) is 80.9 Å². The van der Waals surface area contributed by atoms with E-state index < -0.39 is 5.82 Å². The van der Waals surface area contributed by atoms with Crippen molar-refractivity contribution in [3.8, 4) is 0 Å². The van der Waals surface area contributed by atoms with Crippen molar-refractivity contribution in [2.45, 2.75) is 19.9 Å². The van der Waals surface area contributed by atoms with Crippen LogP contribution in [0.15, 0.2) is 24.9 Å². The van der Waals surface area contributed by atoms with Gasteiger partial charge in [0.1, 0.15) is 11.5 Å². The zero-order valence-corrected chi connectivity index (χ0v) is 15.5. The highest BCUT2D eigenvalue weighted by Gasteiger charge is 2.18. The number of pyridine rings is 1. The number of rotatable bonds is 6. The van der Waals surface area contributed by atoms with E-state index in [0.717, 1.165) is 15.5 Å². The number of carbonyl (C=O) groups excluding carboxylic acids is 1. The summed E-state index contributed by atoms with van der Waals surface area (Å²) in [5.41, 5.74) is 6.76. The molecule has 0 atom stereocenters. The molecule has 2 aromatic rings. The van der Waals surface area contributed by atoms with Gasteiger partial charge < -0.3 is 11.1 Å². The van der Waals surface area contributed by atoms with Gasteiger partial charge in [0.15, 0.2) is 0 Å². The maximum absolute atomic E-state index is 13.5. The van der Waals surface area contributed by atoms with Crippen molar-refractivity contribution in [1.29, 1.82) is 0 Å². The molecule has 0 aliphatic heterocycles. The number of nitrogens with one attached hydrogen (secondary N) is 1. The van der Waals surface area contributed by atoms with Crippen molar-refractivity contribution in [2.75, 3.05) is 6.54 Å². The monoisotopic (exact) mass is 392 g/mol. The van der Waals surface area contributed by atoms with Crippen LogP contribution in [0.5, 0.6) is 0 Å². The molecule has 0 saturated carbocycles. The molecule has 9 heteroatoms. The molecule has 24 heavy (non-hydrogen) atoms. The van der Waals surface area contributed by atoms with Gasteiger partial charge in [-0.05, 0) is 31.2 Å². The zero-order chi connectivity index (χ0) is 16.1. The summed E-state index contributed by atoms with van der Waals surface area (Å²) in [6.07, 6.45) is 2.08. The average molecular weight is 393 g/mol. The van der Waals surface area contributed by atoms with Crippen LogP contribution < -0.4 is 11.1 Å². The van der Waals surface area contributed by atoms with Crippen LogP contribution in [0.1, 0.15) is 33.0 Å². The van der Waals surface area contributed by atoms with Crippen molar-refractivity contribution in [2.24, 2.45) is 5.73 Å². The summed E-state index contributed by atoms with van der Waals surface area (Å²) in [6, 6.07) is 2.80. The molecule has 0 saturated heterocycles. The Hall–Kier alpha value is -1.54. The van der Waals surface area contributed by atoms with Crippen LogP contribution in [0.3, 0.4) is 0 Å². The van der Waals surface area contributed by atoms with E-state index in [9.17, 15) is 9.18 Å². The molecule has 132 valence electrons. The number of nitrogens with two attached hydrogens (primary N) is 1. The molecule has 2 rings (SSSR count). The van der Waals surface area contributed by atoms with E-state index in [0.29, 0.717) is 18.7 Å². The maximum Gasteiger partial charge on any atom is 0.271 e. The third-order valence-electron chi connectivity index (χ3n) is 2.88. The molecule has 3 N–H and O–H groups in total. The van der Waals surface area contributed by atoms with E-state index in [-0.39, 0.29) is 43.0 Å². The zero-order valence-electron chi connectivity index (χ0n) is 13.0. The van der Waals surface area contributed by atoms with Gasteiger partial charge in [0.25, 0.3) is 5.91 Å². The molecule has 5 nitrogen and oxygen atoms in total. The molecule has 2 heterocycles. The lowest BCUT2D eigenvalue weighted by atomic mass is 10.2. The summed E-state index contributed by atoms with van der Waals surface area (Å²) < 4.78 is 13.5. The first-order valence-electron chi connectivity index (χ1n) is 6.76. The predicted octanol–water partition coefficient (Wildman–Crippen LogP) is 2.99. The lowest BCUT2D eigenvalue weighted by Crippen LogP contribution is -2.25. The Bertz CT molecular complexity index is 709. The molecule has 0 aliphatic carbocycles. The Kier molecular flexibility index (Phi) is 9.69. The fraction of sp³-hybridized carbons (Fsp3) is 0.267. The molecule has 0 aliphatic rings. The Balaban J connectivity index is 0.00000264. The van der Waals surface area contributed by atoms with Crippen LogP contribution in [-0.2, 0) is 13.0 Å². The summed E-state index contributed by atoms with van der Waals surface area (Å²) in [4.78, 5) is 21.2. The minimum atomic E-state index is -0.454. The summed E-state index contributed by atoms with van der Waals surface area (Å²) in [5, 5.41) is 3.42. The van der Waals surface area contributed by atoms with Crippen molar-refractivity contribution >= 4 is 47.6 Å². The third kappa shape index (κ3) is 5.52. The van der Waals surface area contributed by atoms with Crippen molar-refractivity contribution in [3.05, 3.63) is 52.0 Å². The van der Waals surface area contributed by atoms with Gasteiger partial charge in [0, 0.05) is 12.6 Å². The van der Waals surface area contributed by atoms with E-state index in [1.165, 1.54) is 29.7 Å². The van der Waals surface area contributed by atoms with E-state index in [1.54, 1.807) is 0 Å². The molecular formula is C15H19Cl2FN4OS. The van der Waals surface area contributed by atoms with E-state index >= 15 is 0 Å². The van der Waals surface area contributed by atoms with Gasteiger partial charge in [-0.15, -0.1) is 36.2 Å². The largest absolute Gasteiger partial charge is 0.345 e. The van der Waals surface area contributed by atoms with Crippen LogP contribution in [-0.4, -0.2) is 22.4 Å². The Morgan fingerprint density at radius 3 is 2.75 bits per heavy atom. The number of allylic oxidation sites excluding steroid dienone is 1. The highest BCUT2D eigenvalue weighted by atomic mass is 35.5. The van der Waals surface area contributed by atoms with Crippen LogP contribution >= 0.6 is 36.2 Å². The number of amides is 1. The number of aromatic nitrogens is 2. The molecule has 0 fully saturated rings. The highest BCUT2D eigenvalue weighted by molar-refractivity contribution is 7.13. The van der Waals surface area contributed by atoms with Gasteiger partial charge in [0.05, 0.1) is 22.1 Å². The van der Waals surface area contributed by atoms with Crippen molar-refractivity contribution in [3.63, 3.8) is 0 Å². The second kappa shape index (κ2) is 10.4. The fourth-order valence-electron chi connectivity index (χ4n) is 1.83. The van der Waals surface area contributed by atoms with Crippen molar-refractivity contribution < 1.29 is 9.18 Å². The second-order valence-corrected chi connectivity index (χ2v) is 5.80. The second-order valence-electron chi connectivity index (χ2n) is 4.72. The van der Waals surface area contributed by atoms with E-state index in [4.69, 9.17) is 5.73 Å². The fourth-order valence-corrected chi connectivity index (χ4v) is 2.84. The molecule has 0 unspecified atom stereocenters. The van der Waals surface area contributed by atoms with Crippen LogP contribution in [0.4, 0.5) is 4.39 Å². The quantitative estimate of drug-likeness (QED) is 0.791. The summed E-state index contributed by atoms with van der Waals surface area (Å²) >= 11 is 1.40. The first kappa shape index (κ1) is 22.5. The van der Waals surface area contributed by atoms with Crippen molar-refractivity contribution in [1.82, 2.24) is 15.3 Å². The summed E-state index contributed by atoms with van der Waals surface area (Å²) in [7, 11) is 0. The van der Waals surface area contributed by atoms with Gasteiger partial charge in [-0.3, -0.25) is 9.78 Å². The standard InChI is InChI=1S/C15H17FN4OS.2ClH/c1-9(2)14-13(20-12(22-14)5-6-17)15(21)19-8-11-10(16)4-3-7-18-11;;/h3-4,7H,1,5-6,8,17H2,2H3,(H,19,21);2*1H. The normalized spacial score (nSPS) is 9.62. The maximum atomic E-state index is 13.5. The minimum absolute atomic E-state index is 0. The van der Waals surface area contributed by atoms with Gasteiger partial charge >= 0.3 is 0 Å². The number of thiazole rings is 1. The van der Waals surface area contributed by atoms with Crippen LogP contribution in [0.2, 0.25) is 0 Å². The SMILES string of the molecule is C=C(C)c1sc(CCN)nc1C(=O)NCc1ncccc1F.Cl.Cl. The van der Waals surface area contributed by atoms with Gasteiger partial charge in [-0.1, -0.05) is 6.58 Å². The number of hydrogen-bond donors (Lipinski definition) is 2. The predicted molar refractivity (Wildman–Crippen MR) is 99.4 cm³/mol. The third-order valence-corrected chi connectivity index (χ3v) is 4.16. The molecule has 2 aromatic heterocycles. The lowest BCUT2D eigenvalue weighted by Gasteiger charge is -2.05. The molecular weight excluding hydrogens is 374 g/mol. The van der Waals surface area contributed by atoms with Gasteiger partial charge in [-0.2, -0.15) is 0 Å². The molecule has 0 radical (unpaired) electrons. The number of nitrogens with zero attached hydrogens (tertiary/aromatic N) is 2. The Morgan fingerprint density at radius 2 is 2.17 bits per heavy atom. The van der Waals surface area contributed by atoms with Crippen LogP contribution in [0.25, 0.3) is 5.57 Å². The van der Waals surface area contributed by atoms with E-state index in [2.05, 4.69) is 21.9 Å². The Morgan fingerprint density at radius 1 is 1.46 bits per heavy atom. The lowest BCUT2D eigenvalue weighted by molar-refractivity contribution is 0.0945. The Labute approximate surface area is 156 Å².